The van der Waals surface area contributed by atoms with E-state index in [-0.39, 0.29) is 0 Å². The van der Waals surface area contributed by atoms with Crippen LogP contribution in [0.3, 0.4) is 0 Å². The number of aromatic nitrogens is 1. The van der Waals surface area contributed by atoms with Crippen molar-refractivity contribution >= 4 is 33.4 Å². The standard InChI is InChI=1S/C8H4BrClN2O/c9-6-4-12-7(10)3-5(6)1-2-8(11)13/h3-4H,(H2,11,13). The summed E-state index contributed by atoms with van der Waals surface area (Å²) in [5.74, 6) is 4.08. The Labute approximate surface area is 88.4 Å². The smallest absolute Gasteiger partial charge is 0.293 e. The van der Waals surface area contributed by atoms with Crippen molar-refractivity contribution in [2.75, 3.05) is 0 Å². The summed E-state index contributed by atoms with van der Waals surface area (Å²) in [7, 11) is 0. The number of nitrogens with zero attached hydrogens (tertiary/aromatic N) is 1. The molecule has 0 spiro atoms. The Morgan fingerprint density at radius 3 is 3.00 bits per heavy atom. The van der Waals surface area contributed by atoms with Gasteiger partial charge in [-0.25, -0.2) is 4.98 Å². The fourth-order valence-corrected chi connectivity index (χ4v) is 1.11. The molecule has 0 fully saturated rings. The van der Waals surface area contributed by atoms with Crippen LogP contribution in [0.5, 0.6) is 0 Å². The van der Waals surface area contributed by atoms with Crippen molar-refractivity contribution in [2.24, 2.45) is 5.73 Å². The largest absolute Gasteiger partial charge is 0.359 e. The fraction of sp³-hybridized carbons (Fsp3) is 0. The number of carbonyl (C=O) groups excluding carboxylic acids is 1. The fourth-order valence-electron chi connectivity index (χ4n) is 0.638. The Bertz CT molecular complexity index is 408. The summed E-state index contributed by atoms with van der Waals surface area (Å²) in [5, 5.41) is 0.317. The number of carbonyl (C=O) groups is 1. The summed E-state index contributed by atoms with van der Waals surface area (Å²) in [6.07, 6.45) is 1.51. The average molecular weight is 259 g/mol. The van der Waals surface area contributed by atoms with Gasteiger partial charge in [0.25, 0.3) is 5.91 Å². The van der Waals surface area contributed by atoms with Crippen molar-refractivity contribution in [1.29, 1.82) is 0 Å². The van der Waals surface area contributed by atoms with Crippen LogP contribution in [0.25, 0.3) is 0 Å². The summed E-state index contributed by atoms with van der Waals surface area (Å²) >= 11 is 8.82. The first-order valence-corrected chi connectivity index (χ1v) is 4.39. The third kappa shape index (κ3) is 3.05. The van der Waals surface area contributed by atoms with Gasteiger partial charge in [0, 0.05) is 17.7 Å². The van der Waals surface area contributed by atoms with Crippen molar-refractivity contribution in [3.8, 4) is 11.8 Å². The zero-order valence-corrected chi connectivity index (χ0v) is 8.69. The molecule has 0 aliphatic carbocycles. The normalized spacial score (nSPS) is 8.77. The third-order valence-corrected chi connectivity index (χ3v) is 1.98. The Morgan fingerprint density at radius 2 is 2.38 bits per heavy atom. The summed E-state index contributed by atoms with van der Waals surface area (Å²) < 4.78 is 0.672. The summed E-state index contributed by atoms with van der Waals surface area (Å²) in [4.78, 5) is 14.2. The highest BCUT2D eigenvalue weighted by molar-refractivity contribution is 9.10. The molecule has 0 bridgehead atoms. The second kappa shape index (κ2) is 4.26. The lowest BCUT2D eigenvalue weighted by molar-refractivity contribution is -0.112. The predicted molar refractivity (Wildman–Crippen MR) is 53.0 cm³/mol. The highest BCUT2D eigenvalue weighted by Crippen LogP contribution is 2.17. The van der Waals surface area contributed by atoms with E-state index in [1.54, 1.807) is 6.07 Å². The molecule has 0 saturated heterocycles. The van der Waals surface area contributed by atoms with Crippen LogP contribution in [0, 0.1) is 11.8 Å². The van der Waals surface area contributed by atoms with E-state index in [2.05, 4.69) is 32.8 Å². The number of hydrogen-bond donors (Lipinski definition) is 1. The Kier molecular flexibility index (Phi) is 3.29. The molecule has 2 N–H and O–H groups in total. The molecule has 5 heteroatoms. The van der Waals surface area contributed by atoms with Crippen LogP contribution >= 0.6 is 27.5 Å². The van der Waals surface area contributed by atoms with E-state index >= 15 is 0 Å². The van der Waals surface area contributed by atoms with Gasteiger partial charge in [0.05, 0.1) is 4.47 Å². The van der Waals surface area contributed by atoms with Gasteiger partial charge in [-0.15, -0.1) is 0 Å². The molecule has 3 nitrogen and oxygen atoms in total. The number of nitrogens with two attached hydrogens (primary N) is 1. The van der Waals surface area contributed by atoms with Gasteiger partial charge in [-0.05, 0) is 22.0 Å². The molecule has 1 rings (SSSR count). The minimum Gasteiger partial charge on any atom is -0.359 e. The maximum absolute atomic E-state index is 10.4. The molecule has 1 aromatic rings. The van der Waals surface area contributed by atoms with Crippen LogP contribution in [0.4, 0.5) is 0 Å². The number of halogens is 2. The molecule has 0 radical (unpaired) electrons. The molecule has 1 heterocycles. The van der Waals surface area contributed by atoms with Crippen LogP contribution < -0.4 is 5.73 Å². The first kappa shape index (κ1) is 10.0. The predicted octanol–water partition coefficient (Wildman–Crippen LogP) is 1.33. The molecule has 0 atom stereocenters. The summed E-state index contributed by atoms with van der Waals surface area (Å²) in [6.45, 7) is 0. The molecule has 0 unspecified atom stereocenters. The molecule has 1 aromatic heterocycles. The van der Waals surface area contributed by atoms with E-state index in [1.165, 1.54) is 6.20 Å². The van der Waals surface area contributed by atoms with Crippen LogP contribution in [-0.2, 0) is 4.79 Å². The third-order valence-electron chi connectivity index (χ3n) is 1.14. The van der Waals surface area contributed by atoms with Crippen molar-refractivity contribution in [2.45, 2.75) is 0 Å². The molecule has 0 aliphatic rings. The SMILES string of the molecule is NC(=O)C#Cc1cc(Cl)ncc1Br. The van der Waals surface area contributed by atoms with E-state index in [9.17, 15) is 4.79 Å². The summed E-state index contributed by atoms with van der Waals surface area (Å²) in [5.41, 5.74) is 5.43. The number of hydrogen-bond acceptors (Lipinski definition) is 2. The molecule has 13 heavy (non-hydrogen) atoms. The molecular weight excluding hydrogens is 255 g/mol. The van der Waals surface area contributed by atoms with Crippen LogP contribution in [-0.4, -0.2) is 10.9 Å². The van der Waals surface area contributed by atoms with E-state index in [1.807, 2.05) is 0 Å². The lowest BCUT2D eigenvalue weighted by Crippen LogP contribution is -2.06. The first-order valence-electron chi connectivity index (χ1n) is 3.22. The van der Waals surface area contributed by atoms with Crippen LogP contribution in [0.15, 0.2) is 16.7 Å². The van der Waals surface area contributed by atoms with E-state index < -0.39 is 5.91 Å². The van der Waals surface area contributed by atoms with Gasteiger partial charge in [0.1, 0.15) is 5.15 Å². The maximum Gasteiger partial charge on any atom is 0.293 e. The quantitative estimate of drug-likeness (QED) is 0.564. The monoisotopic (exact) mass is 258 g/mol. The van der Waals surface area contributed by atoms with Crippen molar-refractivity contribution < 1.29 is 4.79 Å². The molecule has 1 amide bonds. The number of amides is 1. The van der Waals surface area contributed by atoms with Gasteiger partial charge in [-0.1, -0.05) is 17.5 Å². The molecule has 0 saturated carbocycles. The second-order valence-electron chi connectivity index (χ2n) is 2.10. The Morgan fingerprint density at radius 1 is 1.69 bits per heavy atom. The molecule has 0 aliphatic heterocycles. The Balaban J connectivity index is 3.09. The first-order chi connectivity index (χ1) is 6.09. The van der Waals surface area contributed by atoms with Crippen LogP contribution in [0.1, 0.15) is 5.56 Å². The van der Waals surface area contributed by atoms with Crippen molar-refractivity contribution in [3.05, 3.63) is 27.5 Å². The zero-order valence-electron chi connectivity index (χ0n) is 6.34. The zero-order chi connectivity index (χ0) is 9.84. The number of rotatable bonds is 0. The Hall–Kier alpha value is -1.05. The topological polar surface area (TPSA) is 56.0 Å². The number of primary amides is 1. The highest BCUT2D eigenvalue weighted by Gasteiger charge is 1.98. The van der Waals surface area contributed by atoms with Gasteiger partial charge in [-0.3, -0.25) is 4.79 Å². The van der Waals surface area contributed by atoms with Crippen molar-refractivity contribution in [3.63, 3.8) is 0 Å². The lowest BCUT2D eigenvalue weighted by atomic mass is 10.3. The lowest BCUT2D eigenvalue weighted by Gasteiger charge is -1.94. The minimum absolute atomic E-state index is 0.317. The van der Waals surface area contributed by atoms with Gasteiger partial charge in [0.2, 0.25) is 0 Å². The molecular formula is C8H4BrClN2O. The minimum atomic E-state index is -0.681. The van der Waals surface area contributed by atoms with E-state index in [4.69, 9.17) is 17.3 Å². The summed E-state index contributed by atoms with van der Waals surface area (Å²) in [6, 6.07) is 1.54. The van der Waals surface area contributed by atoms with Gasteiger partial charge >= 0.3 is 0 Å². The molecule has 0 aromatic carbocycles. The van der Waals surface area contributed by atoms with Gasteiger partial charge in [-0.2, -0.15) is 0 Å². The van der Waals surface area contributed by atoms with Gasteiger partial charge < -0.3 is 5.73 Å². The molecule has 66 valence electrons. The van der Waals surface area contributed by atoms with E-state index in [0.29, 0.717) is 15.2 Å². The van der Waals surface area contributed by atoms with E-state index in [0.717, 1.165) is 0 Å². The van der Waals surface area contributed by atoms with Gasteiger partial charge in [0.15, 0.2) is 0 Å². The number of pyridine rings is 1. The van der Waals surface area contributed by atoms with Crippen LogP contribution in [0.2, 0.25) is 5.15 Å². The average Bonchev–Trinajstić information content (AvgIpc) is 2.06. The second-order valence-corrected chi connectivity index (χ2v) is 3.34. The highest BCUT2D eigenvalue weighted by atomic mass is 79.9. The van der Waals surface area contributed by atoms with Crippen molar-refractivity contribution in [1.82, 2.24) is 4.98 Å². The maximum atomic E-state index is 10.4.